The van der Waals surface area contributed by atoms with E-state index < -0.39 is 6.10 Å². The summed E-state index contributed by atoms with van der Waals surface area (Å²) in [6, 6.07) is 0. The fraction of sp³-hybridized carbons (Fsp3) is 1.00. The zero-order chi connectivity index (χ0) is 15.4. The van der Waals surface area contributed by atoms with Crippen LogP contribution in [0.4, 0.5) is 0 Å². The van der Waals surface area contributed by atoms with Crippen LogP contribution < -0.4 is 0 Å². The molecule has 2 aliphatic carbocycles. The minimum atomic E-state index is -0.398. The Kier molecular flexibility index (Phi) is 5.74. The van der Waals surface area contributed by atoms with Crippen LogP contribution in [0.25, 0.3) is 0 Å². The maximum atomic E-state index is 10.1. The van der Waals surface area contributed by atoms with Crippen LogP contribution in [0.1, 0.15) is 25.7 Å². The van der Waals surface area contributed by atoms with E-state index in [2.05, 4.69) is 7.05 Å². The Balaban J connectivity index is 1.24. The molecule has 1 saturated heterocycles. The number of aliphatic hydroxyl groups is 1. The van der Waals surface area contributed by atoms with Crippen molar-refractivity contribution in [2.24, 2.45) is 11.8 Å². The zero-order valence-corrected chi connectivity index (χ0v) is 13.9. The quantitative estimate of drug-likeness (QED) is 0.537. The smallest absolute Gasteiger partial charge is 0.126 e. The molecular weight excluding hydrogens is 282 g/mol. The first-order valence-corrected chi connectivity index (χ1v) is 8.93. The normalized spacial score (nSPS) is 34.9. The summed E-state index contributed by atoms with van der Waals surface area (Å²) in [4.78, 5) is 0. The summed E-state index contributed by atoms with van der Waals surface area (Å²) in [5.74, 6) is 1.73. The van der Waals surface area contributed by atoms with Gasteiger partial charge in [-0.1, -0.05) is 0 Å². The van der Waals surface area contributed by atoms with Crippen LogP contribution in [-0.2, 0) is 14.2 Å². The molecule has 0 unspecified atom stereocenters. The van der Waals surface area contributed by atoms with Gasteiger partial charge in [0.15, 0.2) is 0 Å². The Morgan fingerprint density at radius 3 is 2.68 bits per heavy atom. The number of hydrogen-bond donors (Lipinski definition) is 1. The molecule has 0 aromatic heterocycles. The van der Waals surface area contributed by atoms with Gasteiger partial charge in [0.1, 0.15) is 25.7 Å². The number of rotatable bonds is 8. The monoisotopic (exact) mass is 314 g/mol. The summed E-state index contributed by atoms with van der Waals surface area (Å²) in [7, 11) is 2.18. The molecule has 0 radical (unpaired) electrons. The lowest BCUT2D eigenvalue weighted by Crippen LogP contribution is -2.55. The topological polar surface area (TPSA) is 47.9 Å². The number of quaternary nitrogens is 1. The maximum Gasteiger partial charge on any atom is 0.126 e. The van der Waals surface area contributed by atoms with Crippen LogP contribution in [-0.4, -0.2) is 81.5 Å². The highest BCUT2D eigenvalue weighted by Gasteiger charge is 2.40. The van der Waals surface area contributed by atoms with Crippen molar-refractivity contribution >= 4 is 0 Å². The third-order valence-electron chi connectivity index (χ3n) is 5.75. The Morgan fingerprint density at radius 1 is 1.18 bits per heavy atom. The fourth-order valence-corrected chi connectivity index (χ4v) is 4.40. The Bertz CT molecular complexity index is 346. The molecule has 1 aliphatic heterocycles. The number of hydrogen-bond acceptors (Lipinski definition) is 4. The van der Waals surface area contributed by atoms with Crippen molar-refractivity contribution in [2.45, 2.75) is 37.9 Å². The second-order valence-corrected chi connectivity index (χ2v) is 7.67. The largest absolute Gasteiger partial charge is 0.385 e. The Morgan fingerprint density at radius 2 is 2.00 bits per heavy atom. The molecule has 5 heteroatoms. The van der Waals surface area contributed by atoms with Gasteiger partial charge in [0.2, 0.25) is 0 Å². The highest BCUT2D eigenvalue weighted by Crippen LogP contribution is 2.45. The van der Waals surface area contributed by atoms with E-state index in [1.54, 1.807) is 0 Å². The molecule has 1 N–H and O–H groups in total. The average Bonchev–Trinajstić information content (AvgIpc) is 3.09. The third-order valence-corrected chi connectivity index (χ3v) is 5.75. The molecule has 3 rings (SSSR count). The van der Waals surface area contributed by atoms with E-state index in [1.807, 2.05) is 0 Å². The number of aliphatic hydroxyl groups excluding tert-OH is 1. The van der Waals surface area contributed by atoms with Gasteiger partial charge in [-0.25, -0.2) is 0 Å². The van der Waals surface area contributed by atoms with Crippen molar-refractivity contribution in [1.29, 1.82) is 0 Å². The van der Waals surface area contributed by atoms with Crippen molar-refractivity contribution in [3.05, 3.63) is 0 Å². The minimum Gasteiger partial charge on any atom is -0.385 e. The number of morpholine rings is 1. The molecular formula is C17H32NO4+. The first-order chi connectivity index (χ1) is 10.6. The van der Waals surface area contributed by atoms with Gasteiger partial charge in [-0.3, -0.25) is 0 Å². The van der Waals surface area contributed by atoms with E-state index in [1.165, 1.54) is 25.7 Å². The molecule has 0 aromatic carbocycles. The van der Waals surface area contributed by atoms with Gasteiger partial charge in [0.05, 0.1) is 46.2 Å². The van der Waals surface area contributed by atoms with Crippen LogP contribution in [0.5, 0.6) is 0 Å². The molecule has 0 spiro atoms. The van der Waals surface area contributed by atoms with E-state index in [0.717, 1.165) is 49.2 Å². The zero-order valence-electron chi connectivity index (χ0n) is 13.9. The molecule has 128 valence electrons. The summed E-state index contributed by atoms with van der Waals surface area (Å²) in [6.07, 6.45) is 5.48. The Hall–Kier alpha value is -0.200. The van der Waals surface area contributed by atoms with Crippen LogP contribution in [0.3, 0.4) is 0 Å². The van der Waals surface area contributed by atoms with Gasteiger partial charge in [-0.15, -0.1) is 0 Å². The summed E-state index contributed by atoms with van der Waals surface area (Å²) in [5, 5.41) is 10.1. The SMILES string of the molecule is C[N+]1(C[C@@H](O)COCCO[C@@H]2C[C@@H]3CC[C@@H]2C3)CCOCC1. The van der Waals surface area contributed by atoms with Crippen LogP contribution in [0.15, 0.2) is 0 Å². The molecule has 5 nitrogen and oxygen atoms in total. The van der Waals surface area contributed by atoms with Crippen molar-refractivity contribution in [3.8, 4) is 0 Å². The van der Waals surface area contributed by atoms with E-state index in [0.29, 0.717) is 25.9 Å². The molecule has 0 aromatic rings. The predicted molar refractivity (Wildman–Crippen MR) is 83.6 cm³/mol. The van der Waals surface area contributed by atoms with E-state index in [-0.39, 0.29) is 0 Å². The molecule has 2 bridgehead atoms. The molecule has 4 atom stereocenters. The van der Waals surface area contributed by atoms with E-state index in [9.17, 15) is 5.11 Å². The molecule has 3 fully saturated rings. The van der Waals surface area contributed by atoms with E-state index in [4.69, 9.17) is 14.2 Å². The second-order valence-electron chi connectivity index (χ2n) is 7.67. The standard InChI is InChI=1S/C17H32NO4/c1-18(4-6-20-7-5-18)12-16(19)13-21-8-9-22-17-11-14-2-3-15(17)10-14/h14-17,19H,2-13H2,1H3/q+1/t14-,15-,16-,17-/m1/s1. The average molecular weight is 314 g/mol. The second kappa shape index (κ2) is 7.58. The third kappa shape index (κ3) is 4.42. The fourth-order valence-electron chi connectivity index (χ4n) is 4.40. The number of likely N-dealkylation sites (N-methyl/N-ethyl adjacent to an activating group) is 1. The van der Waals surface area contributed by atoms with Crippen LogP contribution in [0, 0.1) is 11.8 Å². The molecule has 3 aliphatic rings. The number of nitrogens with zero attached hydrogens (tertiary/aromatic N) is 1. The summed E-state index contributed by atoms with van der Waals surface area (Å²) in [5.41, 5.74) is 0. The number of ether oxygens (including phenoxy) is 3. The summed E-state index contributed by atoms with van der Waals surface area (Å²) in [6.45, 7) is 5.96. The lowest BCUT2D eigenvalue weighted by molar-refractivity contribution is -0.919. The minimum absolute atomic E-state index is 0.398. The first kappa shape index (κ1) is 16.7. The van der Waals surface area contributed by atoms with Gasteiger partial charge < -0.3 is 23.8 Å². The van der Waals surface area contributed by atoms with Gasteiger partial charge in [-0.05, 0) is 37.5 Å². The van der Waals surface area contributed by atoms with Gasteiger partial charge in [0, 0.05) is 0 Å². The molecule has 22 heavy (non-hydrogen) atoms. The van der Waals surface area contributed by atoms with Crippen molar-refractivity contribution < 1.29 is 23.8 Å². The lowest BCUT2D eigenvalue weighted by atomic mass is 9.98. The van der Waals surface area contributed by atoms with Gasteiger partial charge >= 0.3 is 0 Å². The van der Waals surface area contributed by atoms with Crippen molar-refractivity contribution in [2.75, 3.05) is 59.7 Å². The van der Waals surface area contributed by atoms with Crippen LogP contribution >= 0.6 is 0 Å². The first-order valence-electron chi connectivity index (χ1n) is 8.93. The highest BCUT2D eigenvalue weighted by atomic mass is 16.5. The number of fused-ring (bicyclic) bond motifs is 2. The maximum absolute atomic E-state index is 10.1. The Labute approximate surface area is 134 Å². The highest BCUT2D eigenvalue weighted by molar-refractivity contribution is 4.90. The molecule has 2 saturated carbocycles. The molecule has 0 amide bonds. The van der Waals surface area contributed by atoms with Crippen molar-refractivity contribution in [1.82, 2.24) is 0 Å². The van der Waals surface area contributed by atoms with Crippen LogP contribution in [0.2, 0.25) is 0 Å². The summed E-state index contributed by atoms with van der Waals surface area (Å²) < 4.78 is 17.8. The predicted octanol–water partition coefficient (Wildman–Crippen LogP) is 1.05. The van der Waals surface area contributed by atoms with Gasteiger partial charge in [-0.2, -0.15) is 0 Å². The van der Waals surface area contributed by atoms with Crippen molar-refractivity contribution in [3.63, 3.8) is 0 Å². The summed E-state index contributed by atoms with van der Waals surface area (Å²) >= 11 is 0. The lowest BCUT2D eigenvalue weighted by Gasteiger charge is -2.38. The molecule has 1 heterocycles. The van der Waals surface area contributed by atoms with Gasteiger partial charge in [0.25, 0.3) is 0 Å². The van der Waals surface area contributed by atoms with E-state index >= 15 is 0 Å².